The Morgan fingerprint density at radius 2 is 2.00 bits per heavy atom. The Bertz CT molecular complexity index is 671. The van der Waals surface area contributed by atoms with E-state index in [1.807, 2.05) is 0 Å². The Labute approximate surface area is 140 Å². The Morgan fingerprint density at radius 3 is 2.61 bits per heavy atom. The summed E-state index contributed by atoms with van der Waals surface area (Å²) in [5.74, 6) is -0.480. The van der Waals surface area contributed by atoms with Crippen molar-refractivity contribution in [2.24, 2.45) is 5.92 Å². The number of imide groups is 1. The molecule has 2 aliphatic rings. The maximum Gasteiger partial charge on any atom is 0.261 e. The van der Waals surface area contributed by atoms with E-state index in [-0.39, 0.29) is 42.2 Å². The molecule has 1 saturated heterocycles. The largest absolute Gasteiger partial charge is 0.352 e. The van der Waals surface area contributed by atoms with Crippen LogP contribution in [0.4, 0.5) is 0 Å². The van der Waals surface area contributed by atoms with Crippen molar-refractivity contribution in [3.63, 3.8) is 0 Å². The first-order valence-corrected chi connectivity index (χ1v) is 7.22. The van der Waals surface area contributed by atoms with Gasteiger partial charge >= 0.3 is 0 Å². The van der Waals surface area contributed by atoms with Gasteiger partial charge < -0.3 is 10.6 Å². The molecule has 1 aromatic carbocycles. The van der Waals surface area contributed by atoms with Gasteiger partial charge in [0.25, 0.3) is 17.7 Å². The van der Waals surface area contributed by atoms with E-state index in [0.29, 0.717) is 23.6 Å². The van der Waals surface area contributed by atoms with Gasteiger partial charge in [-0.15, -0.1) is 19.0 Å². The van der Waals surface area contributed by atoms with Gasteiger partial charge in [-0.2, -0.15) is 0 Å². The molecule has 3 amide bonds. The molecule has 0 radical (unpaired) electrons. The molecule has 0 unspecified atom stereocenters. The van der Waals surface area contributed by atoms with Crippen LogP contribution < -0.4 is 10.6 Å². The Balaban J connectivity index is 0.00000192. The van der Waals surface area contributed by atoms with Gasteiger partial charge in [-0.3, -0.25) is 19.3 Å². The number of hydrogen-bond acceptors (Lipinski definition) is 4. The number of benzene rings is 1. The van der Waals surface area contributed by atoms with Gasteiger partial charge in [0.1, 0.15) is 0 Å². The molecule has 2 heterocycles. The molecule has 23 heavy (non-hydrogen) atoms. The third-order valence-electron chi connectivity index (χ3n) is 3.96. The van der Waals surface area contributed by atoms with Crippen molar-refractivity contribution < 1.29 is 14.4 Å². The highest BCUT2D eigenvalue weighted by Crippen LogP contribution is 2.24. The zero-order valence-corrected chi connectivity index (χ0v) is 13.3. The van der Waals surface area contributed by atoms with Crippen LogP contribution in [0.25, 0.3) is 0 Å². The fourth-order valence-corrected chi connectivity index (χ4v) is 2.56. The minimum Gasteiger partial charge on any atom is -0.352 e. The van der Waals surface area contributed by atoms with Crippen molar-refractivity contribution in [1.29, 1.82) is 0 Å². The summed E-state index contributed by atoms with van der Waals surface area (Å²) in [6.07, 6.45) is 1.50. The van der Waals surface area contributed by atoms with Gasteiger partial charge in [-0.25, -0.2) is 0 Å². The summed E-state index contributed by atoms with van der Waals surface area (Å²) in [7, 11) is 0. The van der Waals surface area contributed by atoms with Crippen LogP contribution in [0.2, 0.25) is 0 Å². The van der Waals surface area contributed by atoms with Crippen LogP contribution in [0.5, 0.6) is 0 Å². The molecule has 2 aliphatic heterocycles. The van der Waals surface area contributed by atoms with Gasteiger partial charge in [-0.05, 0) is 18.2 Å². The average molecular weight is 336 g/mol. The molecule has 0 aromatic heterocycles. The third-order valence-corrected chi connectivity index (χ3v) is 3.96. The van der Waals surface area contributed by atoms with E-state index < -0.39 is 0 Å². The lowest BCUT2D eigenvalue weighted by atomic mass is 10.0. The maximum absolute atomic E-state index is 12.2. The van der Waals surface area contributed by atoms with E-state index in [2.05, 4.69) is 17.2 Å². The zero-order valence-electron chi connectivity index (χ0n) is 12.5. The maximum atomic E-state index is 12.2. The minimum atomic E-state index is -0.377. The van der Waals surface area contributed by atoms with Crippen LogP contribution in [0.1, 0.15) is 31.1 Å². The number of carbonyl (C=O) groups is 3. The summed E-state index contributed by atoms with van der Waals surface area (Å²) in [5.41, 5.74) is 1.02. The molecule has 0 saturated carbocycles. The van der Waals surface area contributed by atoms with Gasteiger partial charge in [0.2, 0.25) is 0 Å². The van der Waals surface area contributed by atoms with E-state index in [4.69, 9.17) is 0 Å². The lowest BCUT2D eigenvalue weighted by molar-refractivity contribution is 0.0672. The SMILES string of the molecule is C=CCN1C(=O)c2ccc(C(=O)NCC3CNC3)cc2C1=O.Cl. The van der Waals surface area contributed by atoms with Crippen LogP contribution in [0, 0.1) is 5.92 Å². The topological polar surface area (TPSA) is 78.5 Å². The van der Waals surface area contributed by atoms with Gasteiger partial charge in [-0.1, -0.05) is 6.08 Å². The third kappa shape index (κ3) is 3.13. The highest BCUT2D eigenvalue weighted by Gasteiger charge is 2.35. The van der Waals surface area contributed by atoms with Crippen LogP contribution in [0.15, 0.2) is 30.9 Å². The van der Waals surface area contributed by atoms with E-state index in [9.17, 15) is 14.4 Å². The number of halogens is 1. The molecular formula is C16H18ClN3O3. The fraction of sp³-hybridized carbons (Fsp3) is 0.312. The smallest absolute Gasteiger partial charge is 0.261 e. The number of nitrogens with one attached hydrogen (secondary N) is 2. The Hall–Kier alpha value is -2.18. The van der Waals surface area contributed by atoms with E-state index in [1.54, 1.807) is 12.1 Å². The molecule has 6 nitrogen and oxygen atoms in total. The highest BCUT2D eigenvalue weighted by atomic mass is 35.5. The first-order valence-electron chi connectivity index (χ1n) is 7.22. The van der Waals surface area contributed by atoms with Crippen molar-refractivity contribution >= 4 is 30.1 Å². The molecule has 0 spiro atoms. The quantitative estimate of drug-likeness (QED) is 0.617. The van der Waals surface area contributed by atoms with Crippen LogP contribution >= 0.6 is 12.4 Å². The summed E-state index contributed by atoms with van der Waals surface area (Å²) < 4.78 is 0. The molecule has 7 heteroatoms. The highest BCUT2D eigenvalue weighted by molar-refractivity contribution is 6.22. The predicted octanol–water partition coefficient (Wildman–Crippen LogP) is 0.840. The number of carbonyl (C=O) groups excluding carboxylic acids is 3. The number of rotatable bonds is 5. The van der Waals surface area contributed by atoms with Crippen molar-refractivity contribution in [2.75, 3.05) is 26.2 Å². The monoisotopic (exact) mass is 335 g/mol. The Morgan fingerprint density at radius 1 is 1.30 bits per heavy atom. The molecule has 1 aromatic rings. The van der Waals surface area contributed by atoms with Gasteiger partial charge in [0.05, 0.1) is 11.1 Å². The number of amides is 3. The summed E-state index contributed by atoms with van der Waals surface area (Å²) in [6, 6.07) is 4.61. The first kappa shape index (κ1) is 17.2. The lowest BCUT2D eigenvalue weighted by Crippen LogP contribution is -2.48. The van der Waals surface area contributed by atoms with Gasteiger partial charge in [0, 0.05) is 37.7 Å². The first-order chi connectivity index (χ1) is 10.6. The second kappa shape index (κ2) is 6.93. The Kier molecular flexibility index (Phi) is 5.18. The normalized spacial score (nSPS) is 16.4. The summed E-state index contributed by atoms with van der Waals surface area (Å²) >= 11 is 0. The van der Waals surface area contributed by atoms with Crippen LogP contribution in [-0.4, -0.2) is 48.8 Å². The molecule has 3 rings (SSSR count). The van der Waals surface area contributed by atoms with Crippen molar-refractivity contribution in [3.8, 4) is 0 Å². The summed E-state index contributed by atoms with van der Waals surface area (Å²) in [6.45, 7) is 6.14. The summed E-state index contributed by atoms with van der Waals surface area (Å²) in [4.78, 5) is 37.6. The van der Waals surface area contributed by atoms with Crippen molar-refractivity contribution in [3.05, 3.63) is 47.5 Å². The predicted molar refractivity (Wildman–Crippen MR) is 87.9 cm³/mol. The van der Waals surface area contributed by atoms with E-state index >= 15 is 0 Å². The molecular weight excluding hydrogens is 318 g/mol. The molecule has 0 atom stereocenters. The van der Waals surface area contributed by atoms with Crippen LogP contribution in [0.3, 0.4) is 0 Å². The second-order valence-electron chi connectivity index (χ2n) is 5.50. The number of fused-ring (bicyclic) bond motifs is 1. The van der Waals surface area contributed by atoms with E-state index in [0.717, 1.165) is 18.0 Å². The standard InChI is InChI=1S/C16H17N3O3.ClH/c1-2-5-19-15(21)12-4-3-11(6-13(12)16(19)22)14(20)18-9-10-7-17-8-10;/h2-4,6,10,17H,1,5,7-9H2,(H,18,20);1H. The molecule has 0 bridgehead atoms. The lowest BCUT2D eigenvalue weighted by Gasteiger charge is -2.27. The number of hydrogen-bond donors (Lipinski definition) is 2. The van der Waals surface area contributed by atoms with Gasteiger partial charge in [0.15, 0.2) is 0 Å². The zero-order chi connectivity index (χ0) is 15.7. The van der Waals surface area contributed by atoms with Crippen molar-refractivity contribution in [2.45, 2.75) is 0 Å². The molecule has 0 aliphatic carbocycles. The van der Waals surface area contributed by atoms with Crippen LogP contribution in [-0.2, 0) is 0 Å². The molecule has 1 fully saturated rings. The average Bonchev–Trinajstić information content (AvgIpc) is 2.70. The van der Waals surface area contributed by atoms with Crippen molar-refractivity contribution in [1.82, 2.24) is 15.5 Å². The number of nitrogens with zero attached hydrogens (tertiary/aromatic N) is 1. The molecule has 122 valence electrons. The molecule has 2 N–H and O–H groups in total. The fourth-order valence-electron chi connectivity index (χ4n) is 2.56. The summed E-state index contributed by atoms with van der Waals surface area (Å²) in [5, 5.41) is 5.99. The minimum absolute atomic E-state index is 0. The van der Waals surface area contributed by atoms with E-state index in [1.165, 1.54) is 12.1 Å². The second-order valence-corrected chi connectivity index (χ2v) is 5.50.